The molecule has 1 aliphatic rings. The minimum atomic E-state index is 0.309. The summed E-state index contributed by atoms with van der Waals surface area (Å²) in [5, 5.41) is 8.11. The second kappa shape index (κ2) is 7.92. The molecular formula is C19H28N4O. The summed E-state index contributed by atoms with van der Waals surface area (Å²) in [5.41, 5.74) is 5.20. The average Bonchev–Trinajstić information content (AvgIpc) is 2.92. The molecule has 130 valence electrons. The minimum Gasteiger partial charge on any atom is -0.379 e. The van der Waals surface area contributed by atoms with Crippen molar-refractivity contribution in [3.63, 3.8) is 0 Å². The van der Waals surface area contributed by atoms with Crippen molar-refractivity contribution in [1.29, 1.82) is 0 Å². The fourth-order valence-electron chi connectivity index (χ4n) is 3.24. The standard InChI is InChI=1S/C19H28N4O/c1-15-6-4-5-7-18(15)19(14-23-8-10-24-11-9-23)20-12-17-13-21-22(3)16(17)2/h4-7,13,19-20H,8-12,14H2,1-3H3/t19-/m1/s1. The number of rotatable bonds is 6. The highest BCUT2D eigenvalue weighted by molar-refractivity contribution is 5.29. The second-order valence-corrected chi connectivity index (χ2v) is 6.58. The van der Waals surface area contributed by atoms with Crippen LogP contribution in [0.2, 0.25) is 0 Å². The van der Waals surface area contributed by atoms with Crippen molar-refractivity contribution in [3.05, 3.63) is 52.8 Å². The Balaban J connectivity index is 1.73. The van der Waals surface area contributed by atoms with Gasteiger partial charge >= 0.3 is 0 Å². The van der Waals surface area contributed by atoms with E-state index in [0.717, 1.165) is 39.4 Å². The van der Waals surface area contributed by atoms with E-state index in [0.29, 0.717) is 6.04 Å². The molecule has 2 heterocycles. The van der Waals surface area contributed by atoms with E-state index in [1.165, 1.54) is 22.4 Å². The number of nitrogens with zero attached hydrogens (tertiary/aromatic N) is 3. The van der Waals surface area contributed by atoms with Crippen molar-refractivity contribution in [1.82, 2.24) is 20.0 Å². The first-order valence-electron chi connectivity index (χ1n) is 8.71. The van der Waals surface area contributed by atoms with Gasteiger partial charge in [0.05, 0.1) is 19.4 Å². The summed E-state index contributed by atoms with van der Waals surface area (Å²) in [4.78, 5) is 2.49. The topological polar surface area (TPSA) is 42.3 Å². The van der Waals surface area contributed by atoms with Crippen LogP contribution in [0.4, 0.5) is 0 Å². The van der Waals surface area contributed by atoms with Crippen LogP contribution in [0.1, 0.15) is 28.4 Å². The number of hydrogen-bond acceptors (Lipinski definition) is 4. The summed E-state index contributed by atoms with van der Waals surface area (Å²) in [6, 6.07) is 8.98. The lowest BCUT2D eigenvalue weighted by Crippen LogP contribution is -2.42. The van der Waals surface area contributed by atoms with Gasteiger partial charge in [0.1, 0.15) is 0 Å². The highest BCUT2D eigenvalue weighted by atomic mass is 16.5. The molecule has 0 saturated carbocycles. The molecule has 5 nitrogen and oxygen atoms in total. The SMILES string of the molecule is Cc1ccccc1[C@@H](CN1CCOCC1)NCc1cnn(C)c1C. The highest BCUT2D eigenvalue weighted by Crippen LogP contribution is 2.20. The number of morpholine rings is 1. The van der Waals surface area contributed by atoms with Crippen molar-refractivity contribution in [2.75, 3.05) is 32.8 Å². The number of hydrogen-bond donors (Lipinski definition) is 1. The predicted molar refractivity (Wildman–Crippen MR) is 96.0 cm³/mol. The van der Waals surface area contributed by atoms with E-state index in [4.69, 9.17) is 4.74 Å². The first-order valence-corrected chi connectivity index (χ1v) is 8.71. The molecule has 1 N–H and O–H groups in total. The number of aryl methyl sites for hydroxylation is 2. The zero-order valence-corrected chi connectivity index (χ0v) is 15.0. The first-order chi connectivity index (χ1) is 11.6. The van der Waals surface area contributed by atoms with Gasteiger partial charge in [0, 0.05) is 50.5 Å². The smallest absolute Gasteiger partial charge is 0.0594 e. The molecule has 1 saturated heterocycles. The molecule has 1 atom stereocenters. The van der Waals surface area contributed by atoms with Gasteiger partial charge in [0.2, 0.25) is 0 Å². The molecule has 0 aliphatic carbocycles. The predicted octanol–water partition coefficient (Wildman–Crippen LogP) is 2.20. The van der Waals surface area contributed by atoms with E-state index in [1.54, 1.807) is 0 Å². The number of benzene rings is 1. The summed E-state index contributed by atoms with van der Waals surface area (Å²) in [5.74, 6) is 0. The molecule has 0 spiro atoms. The van der Waals surface area contributed by atoms with Crippen LogP contribution >= 0.6 is 0 Å². The third-order valence-corrected chi connectivity index (χ3v) is 4.98. The average molecular weight is 328 g/mol. The highest BCUT2D eigenvalue weighted by Gasteiger charge is 2.19. The molecule has 2 aromatic rings. The first kappa shape index (κ1) is 17.1. The normalized spacial score (nSPS) is 17.1. The zero-order valence-electron chi connectivity index (χ0n) is 15.0. The molecule has 1 aromatic heterocycles. The molecule has 1 aliphatic heterocycles. The van der Waals surface area contributed by atoms with Crippen molar-refractivity contribution >= 4 is 0 Å². The van der Waals surface area contributed by atoms with Crippen LogP contribution < -0.4 is 5.32 Å². The fourth-order valence-corrected chi connectivity index (χ4v) is 3.24. The van der Waals surface area contributed by atoms with Crippen LogP contribution in [0, 0.1) is 13.8 Å². The molecule has 1 aromatic carbocycles. The molecular weight excluding hydrogens is 300 g/mol. The van der Waals surface area contributed by atoms with Crippen LogP contribution in [0.3, 0.4) is 0 Å². The van der Waals surface area contributed by atoms with Gasteiger partial charge in [-0.25, -0.2) is 0 Å². The molecule has 0 bridgehead atoms. The van der Waals surface area contributed by atoms with E-state index < -0.39 is 0 Å². The Morgan fingerprint density at radius 3 is 2.62 bits per heavy atom. The van der Waals surface area contributed by atoms with Crippen LogP contribution in [0.15, 0.2) is 30.5 Å². The van der Waals surface area contributed by atoms with E-state index in [1.807, 2.05) is 17.9 Å². The third kappa shape index (κ3) is 4.04. The van der Waals surface area contributed by atoms with Crippen LogP contribution in [-0.2, 0) is 18.3 Å². The number of aromatic nitrogens is 2. The lowest BCUT2D eigenvalue weighted by atomic mass is 10.00. The van der Waals surface area contributed by atoms with Crippen LogP contribution in [0.5, 0.6) is 0 Å². The summed E-state index contributed by atoms with van der Waals surface area (Å²) in [6.07, 6.45) is 1.96. The van der Waals surface area contributed by atoms with Gasteiger partial charge < -0.3 is 10.1 Å². The van der Waals surface area contributed by atoms with E-state index in [-0.39, 0.29) is 0 Å². The summed E-state index contributed by atoms with van der Waals surface area (Å²) < 4.78 is 7.42. The lowest BCUT2D eigenvalue weighted by molar-refractivity contribution is 0.0333. The summed E-state index contributed by atoms with van der Waals surface area (Å²) in [6.45, 7) is 9.85. The summed E-state index contributed by atoms with van der Waals surface area (Å²) in [7, 11) is 1.99. The van der Waals surface area contributed by atoms with Gasteiger partial charge in [-0.15, -0.1) is 0 Å². The Morgan fingerprint density at radius 2 is 1.96 bits per heavy atom. The van der Waals surface area contributed by atoms with Gasteiger partial charge in [-0.1, -0.05) is 24.3 Å². The number of ether oxygens (including phenoxy) is 1. The van der Waals surface area contributed by atoms with Crippen molar-refractivity contribution in [3.8, 4) is 0 Å². The fraction of sp³-hybridized carbons (Fsp3) is 0.526. The molecule has 1 fully saturated rings. The van der Waals surface area contributed by atoms with Gasteiger partial charge in [-0.3, -0.25) is 9.58 Å². The van der Waals surface area contributed by atoms with Crippen molar-refractivity contribution in [2.45, 2.75) is 26.4 Å². The lowest BCUT2D eigenvalue weighted by Gasteiger charge is -2.31. The van der Waals surface area contributed by atoms with Gasteiger partial charge in [-0.05, 0) is 25.0 Å². The molecule has 0 radical (unpaired) electrons. The van der Waals surface area contributed by atoms with E-state index in [9.17, 15) is 0 Å². The van der Waals surface area contributed by atoms with Gasteiger partial charge in [0.15, 0.2) is 0 Å². The molecule has 24 heavy (non-hydrogen) atoms. The maximum atomic E-state index is 5.49. The van der Waals surface area contributed by atoms with Gasteiger partial charge in [-0.2, -0.15) is 5.10 Å². The van der Waals surface area contributed by atoms with Crippen molar-refractivity contribution < 1.29 is 4.74 Å². The van der Waals surface area contributed by atoms with Crippen LogP contribution in [-0.4, -0.2) is 47.5 Å². The zero-order chi connectivity index (χ0) is 16.9. The Bertz CT molecular complexity index is 661. The van der Waals surface area contributed by atoms with Gasteiger partial charge in [0.25, 0.3) is 0 Å². The largest absolute Gasteiger partial charge is 0.379 e. The number of nitrogens with one attached hydrogen (secondary N) is 1. The maximum absolute atomic E-state index is 5.49. The Kier molecular flexibility index (Phi) is 5.66. The molecule has 3 rings (SSSR count). The third-order valence-electron chi connectivity index (χ3n) is 4.98. The van der Waals surface area contributed by atoms with E-state index in [2.05, 4.69) is 53.4 Å². The summed E-state index contributed by atoms with van der Waals surface area (Å²) >= 11 is 0. The van der Waals surface area contributed by atoms with Crippen LogP contribution in [0.25, 0.3) is 0 Å². The molecule has 0 unspecified atom stereocenters. The van der Waals surface area contributed by atoms with E-state index >= 15 is 0 Å². The minimum absolute atomic E-state index is 0.309. The maximum Gasteiger partial charge on any atom is 0.0594 e. The monoisotopic (exact) mass is 328 g/mol. The van der Waals surface area contributed by atoms with Crippen molar-refractivity contribution in [2.24, 2.45) is 7.05 Å². The quantitative estimate of drug-likeness (QED) is 0.883. The Labute approximate surface area is 144 Å². The molecule has 0 amide bonds. The molecule has 5 heteroatoms. The Hall–Kier alpha value is -1.69. The Morgan fingerprint density at radius 1 is 1.21 bits per heavy atom. The second-order valence-electron chi connectivity index (χ2n) is 6.58.